The molecule has 1 aromatic carbocycles. The molecule has 0 atom stereocenters. The van der Waals surface area contributed by atoms with Gasteiger partial charge in [-0.15, -0.1) is 11.7 Å². The number of halogens is 1. The second kappa shape index (κ2) is 6.10. The predicted octanol–water partition coefficient (Wildman–Crippen LogP) is 1.69. The highest BCUT2D eigenvalue weighted by Gasteiger charge is 2.08. The highest BCUT2D eigenvalue weighted by molar-refractivity contribution is 6.30. The number of tetrazole rings is 1. The minimum absolute atomic E-state index is 0.181. The summed E-state index contributed by atoms with van der Waals surface area (Å²) in [5.74, 6) is -0.0266. The Morgan fingerprint density at radius 3 is 2.84 bits per heavy atom. The first-order valence-corrected chi connectivity index (χ1v) is 5.98. The van der Waals surface area contributed by atoms with Crippen LogP contribution in [0.4, 0.5) is 5.95 Å². The molecule has 0 saturated carbocycles. The molecule has 1 aromatic heterocycles. The van der Waals surface area contributed by atoms with Gasteiger partial charge in [-0.1, -0.05) is 34.9 Å². The van der Waals surface area contributed by atoms with Crippen LogP contribution in [0.1, 0.15) is 5.56 Å². The van der Waals surface area contributed by atoms with Crippen LogP contribution in [0.2, 0.25) is 5.02 Å². The number of anilines is 1. The van der Waals surface area contributed by atoms with Crippen molar-refractivity contribution in [1.82, 2.24) is 20.2 Å². The van der Waals surface area contributed by atoms with Gasteiger partial charge in [0.05, 0.1) is 13.0 Å². The van der Waals surface area contributed by atoms with Crippen molar-refractivity contribution in [2.45, 2.75) is 13.0 Å². The zero-order valence-electron chi connectivity index (χ0n) is 10.1. The molecule has 6 nitrogen and oxygen atoms in total. The molecule has 2 rings (SSSR count). The number of hydrogen-bond donors (Lipinski definition) is 1. The van der Waals surface area contributed by atoms with Crippen molar-refractivity contribution in [2.24, 2.45) is 0 Å². The highest BCUT2D eigenvalue weighted by atomic mass is 35.5. The predicted molar refractivity (Wildman–Crippen MR) is 71.8 cm³/mol. The topological polar surface area (TPSA) is 72.7 Å². The Labute approximate surface area is 115 Å². The van der Waals surface area contributed by atoms with Gasteiger partial charge in [-0.05, 0) is 22.9 Å². The number of hydrogen-bond acceptors (Lipinski definition) is 4. The number of carbonyl (C=O) groups is 1. The van der Waals surface area contributed by atoms with E-state index in [0.717, 1.165) is 5.56 Å². The molecule has 0 aliphatic carbocycles. The SMILES string of the molecule is C=CCn1nnc(NC(=O)Cc2ccc(Cl)cc2)n1. The lowest BCUT2D eigenvalue weighted by molar-refractivity contribution is -0.115. The lowest BCUT2D eigenvalue weighted by atomic mass is 10.1. The molecule has 0 bridgehead atoms. The van der Waals surface area contributed by atoms with Gasteiger partial charge in [0.15, 0.2) is 0 Å². The number of carbonyl (C=O) groups excluding carboxylic acids is 1. The van der Waals surface area contributed by atoms with Crippen LogP contribution in [-0.4, -0.2) is 26.1 Å². The molecule has 0 saturated heterocycles. The van der Waals surface area contributed by atoms with Crippen LogP contribution >= 0.6 is 11.6 Å². The molecular weight excluding hydrogens is 266 g/mol. The van der Waals surface area contributed by atoms with Crippen molar-refractivity contribution >= 4 is 23.5 Å². The van der Waals surface area contributed by atoms with Gasteiger partial charge in [0.2, 0.25) is 5.91 Å². The van der Waals surface area contributed by atoms with Crippen LogP contribution in [0.15, 0.2) is 36.9 Å². The van der Waals surface area contributed by atoms with E-state index >= 15 is 0 Å². The van der Waals surface area contributed by atoms with E-state index in [4.69, 9.17) is 11.6 Å². The number of allylic oxidation sites excluding steroid dienone is 1. The number of aromatic nitrogens is 4. The minimum Gasteiger partial charge on any atom is -0.292 e. The lowest BCUT2D eigenvalue weighted by Crippen LogP contribution is -2.15. The molecule has 7 heteroatoms. The molecule has 1 amide bonds. The molecule has 2 aromatic rings. The van der Waals surface area contributed by atoms with Crippen LogP contribution in [0.3, 0.4) is 0 Å². The summed E-state index contributed by atoms with van der Waals surface area (Å²) in [6.45, 7) is 4.01. The third kappa shape index (κ3) is 3.89. The standard InChI is InChI=1S/C12H12ClN5O/c1-2-7-18-16-12(15-17-18)14-11(19)8-9-3-5-10(13)6-4-9/h2-6H,1,7-8H2,(H,14,16,19). The number of benzene rings is 1. The summed E-state index contributed by atoms with van der Waals surface area (Å²) in [7, 11) is 0. The van der Waals surface area contributed by atoms with Gasteiger partial charge >= 0.3 is 0 Å². The second-order valence-electron chi connectivity index (χ2n) is 3.81. The van der Waals surface area contributed by atoms with E-state index < -0.39 is 0 Å². The molecule has 0 fully saturated rings. The molecule has 0 spiro atoms. The van der Waals surface area contributed by atoms with E-state index in [0.29, 0.717) is 11.6 Å². The van der Waals surface area contributed by atoms with Gasteiger partial charge in [0.1, 0.15) is 0 Å². The zero-order chi connectivity index (χ0) is 13.7. The summed E-state index contributed by atoms with van der Waals surface area (Å²) >= 11 is 5.77. The molecular formula is C12H12ClN5O. The van der Waals surface area contributed by atoms with Crippen molar-refractivity contribution in [3.63, 3.8) is 0 Å². The quantitative estimate of drug-likeness (QED) is 0.844. The zero-order valence-corrected chi connectivity index (χ0v) is 10.8. The Balaban J connectivity index is 1.93. The van der Waals surface area contributed by atoms with Gasteiger partial charge in [-0.25, -0.2) is 0 Å². The number of nitrogens with zero attached hydrogens (tertiary/aromatic N) is 4. The van der Waals surface area contributed by atoms with E-state index in [2.05, 4.69) is 27.3 Å². The largest absolute Gasteiger partial charge is 0.292 e. The van der Waals surface area contributed by atoms with E-state index in [-0.39, 0.29) is 18.3 Å². The number of rotatable bonds is 5. The van der Waals surface area contributed by atoms with Crippen molar-refractivity contribution < 1.29 is 4.79 Å². The summed E-state index contributed by atoms with van der Waals surface area (Å²) in [5.41, 5.74) is 0.861. The van der Waals surface area contributed by atoms with Crippen molar-refractivity contribution in [2.75, 3.05) is 5.32 Å². The molecule has 19 heavy (non-hydrogen) atoms. The fourth-order valence-electron chi connectivity index (χ4n) is 1.44. The smallest absolute Gasteiger partial charge is 0.270 e. The van der Waals surface area contributed by atoms with Gasteiger partial charge in [-0.2, -0.15) is 4.80 Å². The maximum atomic E-state index is 11.8. The van der Waals surface area contributed by atoms with Crippen LogP contribution in [0.25, 0.3) is 0 Å². The Kier molecular flexibility index (Phi) is 4.25. The minimum atomic E-state index is -0.208. The molecule has 1 N–H and O–H groups in total. The third-order valence-electron chi connectivity index (χ3n) is 2.27. The van der Waals surface area contributed by atoms with Crippen molar-refractivity contribution in [3.8, 4) is 0 Å². The molecule has 0 radical (unpaired) electrons. The number of amides is 1. The highest BCUT2D eigenvalue weighted by Crippen LogP contribution is 2.10. The fraction of sp³-hybridized carbons (Fsp3) is 0.167. The van der Waals surface area contributed by atoms with Crippen LogP contribution in [-0.2, 0) is 17.8 Å². The Morgan fingerprint density at radius 2 is 2.16 bits per heavy atom. The van der Waals surface area contributed by atoms with Crippen molar-refractivity contribution in [1.29, 1.82) is 0 Å². The fourth-order valence-corrected chi connectivity index (χ4v) is 1.57. The monoisotopic (exact) mass is 277 g/mol. The number of nitrogens with one attached hydrogen (secondary N) is 1. The average Bonchev–Trinajstić information content (AvgIpc) is 2.80. The van der Waals surface area contributed by atoms with Crippen LogP contribution < -0.4 is 5.32 Å². The Morgan fingerprint density at radius 1 is 1.42 bits per heavy atom. The Hall–Kier alpha value is -2.21. The van der Waals surface area contributed by atoms with Gasteiger partial charge in [0, 0.05) is 5.02 Å². The van der Waals surface area contributed by atoms with Gasteiger partial charge in [-0.3, -0.25) is 10.1 Å². The maximum Gasteiger partial charge on any atom is 0.270 e. The summed E-state index contributed by atoms with van der Waals surface area (Å²) in [4.78, 5) is 13.1. The summed E-state index contributed by atoms with van der Waals surface area (Å²) in [6, 6.07) is 7.07. The van der Waals surface area contributed by atoms with Crippen molar-refractivity contribution in [3.05, 3.63) is 47.5 Å². The van der Waals surface area contributed by atoms with Crippen LogP contribution in [0, 0.1) is 0 Å². The molecule has 0 aliphatic heterocycles. The van der Waals surface area contributed by atoms with Gasteiger partial charge in [0.25, 0.3) is 5.95 Å². The third-order valence-corrected chi connectivity index (χ3v) is 2.53. The first kappa shape index (κ1) is 13.2. The molecule has 0 aliphatic rings. The van der Waals surface area contributed by atoms with E-state index in [1.54, 1.807) is 30.3 Å². The van der Waals surface area contributed by atoms with E-state index in [1.165, 1.54) is 4.80 Å². The summed E-state index contributed by atoms with van der Waals surface area (Å²) in [6.07, 6.45) is 1.87. The maximum absolute atomic E-state index is 11.8. The van der Waals surface area contributed by atoms with Gasteiger partial charge < -0.3 is 0 Å². The summed E-state index contributed by atoms with van der Waals surface area (Å²) < 4.78 is 0. The average molecular weight is 278 g/mol. The molecule has 0 unspecified atom stereocenters. The first-order valence-electron chi connectivity index (χ1n) is 5.60. The summed E-state index contributed by atoms with van der Waals surface area (Å²) in [5, 5.41) is 14.6. The first-order chi connectivity index (χ1) is 9.17. The second-order valence-corrected chi connectivity index (χ2v) is 4.24. The lowest BCUT2D eigenvalue weighted by Gasteiger charge is -2.01. The van der Waals surface area contributed by atoms with E-state index in [9.17, 15) is 4.79 Å². The normalized spacial score (nSPS) is 10.2. The Bertz CT molecular complexity index is 578. The molecule has 98 valence electrons. The van der Waals surface area contributed by atoms with Crippen LogP contribution in [0.5, 0.6) is 0 Å². The van der Waals surface area contributed by atoms with E-state index in [1.807, 2.05) is 0 Å². The molecule has 1 heterocycles.